The Balaban J connectivity index is 1.10. The van der Waals surface area contributed by atoms with E-state index in [9.17, 15) is 24.3 Å². The maximum absolute atomic E-state index is 13.7. The van der Waals surface area contributed by atoms with Gasteiger partial charge in [-0.2, -0.15) is 0 Å². The highest BCUT2D eigenvalue weighted by Crippen LogP contribution is 2.50. The normalized spacial score (nSPS) is 19.5. The predicted octanol–water partition coefficient (Wildman–Crippen LogP) is 6.77. The number of aromatic nitrogens is 4. The molecule has 2 aromatic heterocycles. The minimum Gasteiger partial charge on any atom is -0.465 e. The van der Waals surface area contributed by atoms with Gasteiger partial charge in [-0.3, -0.25) is 9.59 Å². The number of carboxylic acid groups (broad SMARTS) is 1. The number of carbonyl (C=O) groups excluding carboxylic acids is 3. The van der Waals surface area contributed by atoms with Gasteiger partial charge in [0.2, 0.25) is 11.8 Å². The second kappa shape index (κ2) is 15.1. The van der Waals surface area contributed by atoms with Gasteiger partial charge in [0.25, 0.3) is 0 Å². The van der Waals surface area contributed by atoms with Crippen molar-refractivity contribution >= 4 is 24.0 Å². The van der Waals surface area contributed by atoms with Crippen molar-refractivity contribution in [1.82, 2.24) is 40.4 Å². The highest BCUT2D eigenvalue weighted by atomic mass is 16.5. The number of imidazole rings is 2. The lowest BCUT2D eigenvalue weighted by atomic mass is 9.81. The number of aromatic amines is 2. The molecule has 3 aliphatic rings. The Morgan fingerprint density at radius 2 is 1.21 bits per heavy atom. The van der Waals surface area contributed by atoms with Crippen molar-refractivity contribution in [3.8, 4) is 33.6 Å². The fourth-order valence-corrected chi connectivity index (χ4v) is 8.71. The van der Waals surface area contributed by atoms with Crippen LogP contribution in [0.1, 0.15) is 102 Å². The molecule has 0 bridgehead atoms. The quantitative estimate of drug-likeness (QED) is 0.117. The van der Waals surface area contributed by atoms with E-state index in [2.05, 4.69) is 70.8 Å². The maximum atomic E-state index is 13.7. The number of benzene rings is 2. The van der Waals surface area contributed by atoms with E-state index in [1.54, 1.807) is 4.90 Å². The average Bonchev–Trinajstić information content (AvgIpc) is 4.02. The molecule has 1 aliphatic carbocycles. The van der Waals surface area contributed by atoms with Gasteiger partial charge in [-0.25, -0.2) is 19.6 Å². The summed E-state index contributed by atoms with van der Waals surface area (Å²) in [4.78, 5) is 70.7. The molecule has 4 atom stereocenters. The molecule has 14 nitrogen and oxygen atoms in total. The van der Waals surface area contributed by atoms with Gasteiger partial charge >= 0.3 is 12.2 Å². The van der Waals surface area contributed by atoms with Crippen LogP contribution in [0.3, 0.4) is 0 Å². The zero-order valence-corrected chi connectivity index (χ0v) is 33.1. The average molecular weight is 765 g/mol. The Kier molecular flexibility index (Phi) is 10.4. The Morgan fingerprint density at radius 3 is 1.62 bits per heavy atom. The van der Waals surface area contributed by atoms with E-state index < -0.39 is 24.3 Å². The van der Waals surface area contributed by atoms with E-state index in [0.717, 1.165) is 54.0 Å². The number of nitrogens with one attached hydrogen (secondary N) is 4. The van der Waals surface area contributed by atoms with Gasteiger partial charge in [0.15, 0.2) is 0 Å². The van der Waals surface area contributed by atoms with Crippen LogP contribution in [0.5, 0.6) is 0 Å². The van der Waals surface area contributed by atoms with Crippen molar-refractivity contribution < 1.29 is 29.0 Å². The first-order valence-electron chi connectivity index (χ1n) is 19.5. The fraction of sp³-hybridized carbons (Fsp3) is 0.476. The zero-order valence-electron chi connectivity index (χ0n) is 33.1. The number of likely N-dealkylation sites (tertiary alicyclic amines) is 2. The molecule has 296 valence electrons. The first-order chi connectivity index (χ1) is 26.7. The third-order valence-corrected chi connectivity index (χ3v) is 11.8. The molecule has 1 unspecified atom stereocenters. The molecule has 7 rings (SSSR count). The summed E-state index contributed by atoms with van der Waals surface area (Å²) in [6, 6.07) is 11.0. The number of rotatable bonds is 10. The van der Waals surface area contributed by atoms with Gasteiger partial charge in [-0.15, -0.1) is 0 Å². The number of amides is 4. The van der Waals surface area contributed by atoms with Crippen LogP contribution in [-0.4, -0.2) is 91.1 Å². The summed E-state index contributed by atoms with van der Waals surface area (Å²) >= 11 is 0. The summed E-state index contributed by atoms with van der Waals surface area (Å²) in [7, 11) is 1.29. The van der Waals surface area contributed by atoms with E-state index in [4.69, 9.17) is 14.7 Å². The highest BCUT2D eigenvalue weighted by molar-refractivity contribution is 5.88. The Bertz CT molecular complexity index is 2150. The first-order valence-corrected chi connectivity index (χ1v) is 19.5. The Labute approximate surface area is 326 Å². The standard InChI is InChI=1S/C42H52N8O6/c1-22(2)34(47-40(53)54)38(51)49-16-8-10-32(49)36-43-20-30(45-36)24-12-14-26-27-15-13-25(19-29(27)42(5,6)28(26)18-24)31-21-44-37(46-31)33-11-9-17-50(33)39(52)35(23(3)4)48-41(55)56-7/h12-15,18-23,32-35,47H,8-11,16-17H2,1-7H3,(H,43,45)(H,44,46)(H,48,55)(H,53,54)/t32-,33?,34-,35-/m0/s1. The van der Waals surface area contributed by atoms with Crippen LogP contribution in [0.25, 0.3) is 33.6 Å². The molecule has 4 aromatic rings. The topological polar surface area (TPSA) is 186 Å². The van der Waals surface area contributed by atoms with Crippen molar-refractivity contribution in [2.75, 3.05) is 20.2 Å². The minimum absolute atomic E-state index is 0.115. The van der Waals surface area contributed by atoms with Gasteiger partial charge in [0.05, 0.1) is 43.0 Å². The molecule has 2 fully saturated rings. The van der Waals surface area contributed by atoms with E-state index in [0.29, 0.717) is 18.9 Å². The number of fused-ring (bicyclic) bond motifs is 3. The number of hydrogen-bond acceptors (Lipinski definition) is 7. The molecule has 0 spiro atoms. The van der Waals surface area contributed by atoms with Gasteiger partial charge in [0.1, 0.15) is 23.7 Å². The van der Waals surface area contributed by atoms with Crippen molar-refractivity contribution in [3.63, 3.8) is 0 Å². The van der Waals surface area contributed by atoms with E-state index in [-0.39, 0.29) is 41.1 Å². The van der Waals surface area contributed by atoms with E-state index in [1.165, 1.54) is 29.4 Å². The number of hydrogen-bond donors (Lipinski definition) is 5. The molecule has 2 aliphatic heterocycles. The Hall–Kier alpha value is -5.66. The molecular weight excluding hydrogens is 713 g/mol. The van der Waals surface area contributed by atoms with Crippen LogP contribution in [0, 0.1) is 11.8 Å². The molecule has 2 saturated heterocycles. The lowest BCUT2D eigenvalue weighted by Gasteiger charge is -2.30. The summed E-state index contributed by atoms with van der Waals surface area (Å²) < 4.78 is 4.78. The van der Waals surface area contributed by atoms with Crippen molar-refractivity contribution in [3.05, 3.63) is 71.6 Å². The van der Waals surface area contributed by atoms with Gasteiger partial charge < -0.3 is 40.2 Å². The second-order valence-corrected chi connectivity index (χ2v) is 16.4. The minimum atomic E-state index is -1.21. The monoisotopic (exact) mass is 764 g/mol. The number of nitrogens with zero attached hydrogens (tertiary/aromatic N) is 4. The summed E-state index contributed by atoms with van der Waals surface area (Å²) in [5.74, 6) is 0.731. The van der Waals surface area contributed by atoms with Crippen molar-refractivity contribution in [2.45, 2.75) is 96.8 Å². The number of carbonyl (C=O) groups is 4. The summed E-state index contributed by atoms with van der Waals surface area (Å²) in [5, 5.41) is 14.5. The number of alkyl carbamates (subject to hydrolysis) is 1. The maximum Gasteiger partial charge on any atom is 0.407 e. The smallest absolute Gasteiger partial charge is 0.407 e. The van der Waals surface area contributed by atoms with Crippen LogP contribution < -0.4 is 10.6 Å². The van der Waals surface area contributed by atoms with Crippen molar-refractivity contribution in [1.29, 1.82) is 0 Å². The van der Waals surface area contributed by atoms with E-state index in [1.807, 2.05) is 45.0 Å². The highest BCUT2D eigenvalue weighted by Gasteiger charge is 2.40. The molecule has 0 saturated carbocycles. The third-order valence-electron chi connectivity index (χ3n) is 11.8. The molecular formula is C42H52N8O6. The van der Waals surface area contributed by atoms with Crippen LogP contribution in [0.15, 0.2) is 48.8 Å². The lowest BCUT2D eigenvalue weighted by Crippen LogP contribution is -2.51. The first kappa shape index (κ1) is 38.6. The Morgan fingerprint density at radius 1 is 0.768 bits per heavy atom. The fourth-order valence-electron chi connectivity index (χ4n) is 8.71. The SMILES string of the molecule is COC(=O)N[C@H](C(=O)N1CCCC1c1ncc(-c2ccc3c(c2)C(C)(C)c2cc(-c4cnc([C@@H]5CCCN5C(=O)[C@@H](NC(=O)O)C(C)C)[nH]4)ccc2-3)[nH]1)C(C)C. The van der Waals surface area contributed by atoms with Crippen LogP contribution in [0.2, 0.25) is 0 Å². The number of ether oxygens (including phenoxy) is 1. The number of H-pyrrole nitrogens is 2. The summed E-state index contributed by atoms with van der Waals surface area (Å²) in [6.45, 7) is 13.1. The molecule has 56 heavy (non-hydrogen) atoms. The van der Waals surface area contributed by atoms with Crippen LogP contribution >= 0.6 is 0 Å². The van der Waals surface area contributed by atoms with Crippen LogP contribution in [0.4, 0.5) is 9.59 Å². The molecule has 5 N–H and O–H groups in total. The van der Waals surface area contributed by atoms with Crippen LogP contribution in [-0.2, 0) is 19.7 Å². The largest absolute Gasteiger partial charge is 0.465 e. The van der Waals surface area contributed by atoms with Gasteiger partial charge in [0, 0.05) is 18.5 Å². The lowest BCUT2D eigenvalue weighted by molar-refractivity contribution is -0.136. The third kappa shape index (κ3) is 7.01. The molecule has 4 heterocycles. The summed E-state index contributed by atoms with van der Waals surface area (Å²) in [6.07, 6.45) is 4.97. The molecule has 2 aromatic carbocycles. The number of methoxy groups -OCH3 is 1. The summed E-state index contributed by atoms with van der Waals surface area (Å²) in [5.41, 5.74) is 8.13. The zero-order chi connectivity index (χ0) is 40.1. The van der Waals surface area contributed by atoms with Gasteiger partial charge in [-0.1, -0.05) is 65.8 Å². The molecule has 0 radical (unpaired) electrons. The second-order valence-electron chi connectivity index (χ2n) is 16.4. The molecule has 14 heteroatoms. The predicted molar refractivity (Wildman–Crippen MR) is 210 cm³/mol. The van der Waals surface area contributed by atoms with E-state index >= 15 is 0 Å². The molecule has 4 amide bonds. The van der Waals surface area contributed by atoms with Crippen molar-refractivity contribution in [2.24, 2.45) is 11.8 Å². The van der Waals surface area contributed by atoms with Gasteiger partial charge in [-0.05, 0) is 83.0 Å².